The fourth-order valence-corrected chi connectivity index (χ4v) is 4.07. The zero-order valence-electron chi connectivity index (χ0n) is 21.6. The van der Waals surface area contributed by atoms with Crippen molar-refractivity contribution in [1.29, 1.82) is 0 Å². The zero-order valence-corrected chi connectivity index (χ0v) is 21.6. The first-order valence-electron chi connectivity index (χ1n) is 13.2. The number of carbonyl (C=O) groups excluding carboxylic acids is 1. The van der Waals surface area contributed by atoms with E-state index in [0.717, 1.165) is 17.7 Å². The van der Waals surface area contributed by atoms with E-state index in [2.05, 4.69) is 12.2 Å². The van der Waals surface area contributed by atoms with Crippen molar-refractivity contribution < 1.29 is 18.8 Å². The molecule has 1 N–H and O–H groups in total. The molecular weight excluding hydrogens is 424 g/mol. The summed E-state index contributed by atoms with van der Waals surface area (Å²) >= 11 is 0. The fourth-order valence-electron chi connectivity index (χ4n) is 4.07. The molecule has 1 aromatic carbocycles. The lowest BCUT2D eigenvalue weighted by Crippen LogP contribution is -2.31. The Hall–Kier alpha value is -2.56. The number of ether oxygens (including phenoxy) is 2. The number of aryl methyl sites for hydroxylation is 1. The molecule has 0 radical (unpaired) electrons. The summed E-state index contributed by atoms with van der Waals surface area (Å²) in [5.74, 6) is 1.37. The highest BCUT2D eigenvalue weighted by Gasteiger charge is 2.10. The molecular formula is C29H45N2O3+. The van der Waals surface area contributed by atoms with Gasteiger partial charge in [-0.1, -0.05) is 83.6 Å². The molecule has 0 saturated heterocycles. The van der Waals surface area contributed by atoms with Gasteiger partial charge in [-0.05, 0) is 30.2 Å². The van der Waals surface area contributed by atoms with Gasteiger partial charge in [0.1, 0.15) is 12.6 Å². The number of benzene rings is 1. The van der Waals surface area contributed by atoms with Crippen LogP contribution in [0.25, 0.3) is 0 Å². The molecule has 34 heavy (non-hydrogen) atoms. The number of amides is 1. The average Bonchev–Trinajstić information content (AvgIpc) is 2.85. The van der Waals surface area contributed by atoms with Crippen LogP contribution < -0.4 is 19.4 Å². The van der Waals surface area contributed by atoms with E-state index in [1.165, 1.54) is 70.6 Å². The summed E-state index contributed by atoms with van der Waals surface area (Å²) in [5.41, 5.74) is 1.61. The molecule has 2 rings (SSSR count). The van der Waals surface area contributed by atoms with Crippen LogP contribution in [-0.2, 0) is 13.6 Å². The Morgan fingerprint density at radius 3 is 2.15 bits per heavy atom. The molecule has 0 unspecified atom stereocenters. The van der Waals surface area contributed by atoms with Crippen LogP contribution in [0.1, 0.15) is 99.9 Å². The first kappa shape index (κ1) is 27.7. The summed E-state index contributed by atoms with van der Waals surface area (Å²) in [5, 5.41) is 2.96. The average molecular weight is 470 g/mol. The van der Waals surface area contributed by atoms with Crippen LogP contribution in [0.5, 0.6) is 11.5 Å². The summed E-state index contributed by atoms with van der Waals surface area (Å²) in [6, 6.07) is 9.51. The van der Waals surface area contributed by atoms with Crippen molar-refractivity contribution in [3.05, 3.63) is 53.9 Å². The molecule has 0 aliphatic heterocycles. The molecule has 0 saturated carbocycles. The minimum Gasteiger partial charge on any atom is -0.493 e. The quantitative estimate of drug-likeness (QED) is 0.199. The van der Waals surface area contributed by atoms with E-state index >= 15 is 0 Å². The van der Waals surface area contributed by atoms with Gasteiger partial charge in [-0.3, -0.25) is 4.79 Å². The number of rotatable bonds is 18. The van der Waals surface area contributed by atoms with E-state index in [0.29, 0.717) is 24.5 Å². The van der Waals surface area contributed by atoms with E-state index in [9.17, 15) is 4.79 Å². The first-order valence-corrected chi connectivity index (χ1v) is 13.2. The third-order valence-electron chi connectivity index (χ3n) is 6.14. The number of nitrogens with one attached hydrogen (secondary N) is 1. The van der Waals surface area contributed by atoms with Crippen LogP contribution in [0.2, 0.25) is 0 Å². The van der Waals surface area contributed by atoms with E-state index in [-0.39, 0.29) is 5.91 Å². The molecule has 0 spiro atoms. The third-order valence-corrected chi connectivity index (χ3v) is 6.14. The molecule has 188 valence electrons. The van der Waals surface area contributed by atoms with Crippen molar-refractivity contribution in [3.8, 4) is 11.5 Å². The molecule has 5 nitrogen and oxygen atoms in total. The molecule has 5 heteroatoms. The lowest BCUT2D eigenvalue weighted by molar-refractivity contribution is -0.671. The maximum atomic E-state index is 12.4. The number of nitrogens with zero attached hydrogens (tertiary/aromatic N) is 1. The highest BCUT2D eigenvalue weighted by molar-refractivity contribution is 5.93. The van der Waals surface area contributed by atoms with Gasteiger partial charge in [0.25, 0.3) is 5.91 Å². The van der Waals surface area contributed by atoms with Crippen molar-refractivity contribution >= 4 is 5.91 Å². The second kappa shape index (κ2) is 17.0. The fraction of sp³-hybridized carbons (Fsp3) is 0.586. The summed E-state index contributed by atoms with van der Waals surface area (Å²) < 4.78 is 13.3. The predicted molar refractivity (Wildman–Crippen MR) is 138 cm³/mol. The Balaban J connectivity index is 1.60. The van der Waals surface area contributed by atoms with Crippen LogP contribution in [0.15, 0.2) is 42.7 Å². The third kappa shape index (κ3) is 11.0. The summed E-state index contributed by atoms with van der Waals surface area (Å²) in [7, 11) is 3.55. The van der Waals surface area contributed by atoms with Gasteiger partial charge in [0.05, 0.1) is 13.7 Å². The summed E-state index contributed by atoms with van der Waals surface area (Å²) in [6.07, 6.45) is 19.7. The molecule has 0 bridgehead atoms. The zero-order chi connectivity index (χ0) is 24.4. The highest BCUT2D eigenvalue weighted by Crippen LogP contribution is 2.28. The van der Waals surface area contributed by atoms with Crippen molar-refractivity contribution in [2.24, 2.45) is 7.05 Å². The number of unbranched alkanes of at least 4 members (excludes halogenated alkanes) is 11. The van der Waals surface area contributed by atoms with Crippen molar-refractivity contribution in [2.45, 2.75) is 90.5 Å². The number of hydrogen-bond donors (Lipinski definition) is 1. The van der Waals surface area contributed by atoms with Crippen LogP contribution in [0.3, 0.4) is 0 Å². The Morgan fingerprint density at radius 1 is 0.882 bits per heavy atom. The van der Waals surface area contributed by atoms with E-state index < -0.39 is 0 Å². The molecule has 1 heterocycles. The first-order chi connectivity index (χ1) is 16.6. The molecule has 1 amide bonds. The lowest BCUT2D eigenvalue weighted by Gasteiger charge is -2.13. The molecule has 0 aliphatic rings. The smallest absolute Gasteiger partial charge is 0.257 e. The largest absolute Gasteiger partial charge is 0.493 e. The standard InChI is InChI=1S/C29H44N2O3/c1-4-5-6-7-8-9-10-11-12-13-14-15-21-34-27-19-18-25(22-28(27)33-3)23-30-29(32)26-17-16-20-31(2)24-26/h16-20,22,24H,4-15,21,23H2,1-3H3/p+1. The van der Waals surface area contributed by atoms with E-state index in [1.54, 1.807) is 7.11 Å². The monoisotopic (exact) mass is 469 g/mol. The predicted octanol–water partition coefficient (Wildman–Crippen LogP) is 6.53. The van der Waals surface area contributed by atoms with Gasteiger partial charge in [0.15, 0.2) is 23.9 Å². The van der Waals surface area contributed by atoms with Crippen LogP contribution in [0.4, 0.5) is 0 Å². The van der Waals surface area contributed by atoms with Crippen LogP contribution in [-0.4, -0.2) is 19.6 Å². The van der Waals surface area contributed by atoms with Gasteiger partial charge in [-0.25, -0.2) is 4.57 Å². The number of aromatic nitrogens is 1. The Labute approximate surface area is 206 Å². The minimum absolute atomic E-state index is 0.0949. The maximum Gasteiger partial charge on any atom is 0.257 e. The second-order valence-corrected chi connectivity index (χ2v) is 9.16. The van der Waals surface area contributed by atoms with Gasteiger partial charge < -0.3 is 14.8 Å². The van der Waals surface area contributed by atoms with E-state index in [1.807, 2.05) is 54.3 Å². The molecule has 0 fully saturated rings. The number of hydrogen-bond acceptors (Lipinski definition) is 3. The summed E-state index contributed by atoms with van der Waals surface area (Å²) in [4.78, 5) is 12.4. The molecule has 0 atom stereocenters. The lowest BCUT2D eigenvalue weighted by atomic mass is 10.1. The Kier molecular flexibility index (Phi) is 13.8. The molecule has 2 aromatic rings. The number of carbonyl (C=O) groups is 1. The van der Waals surface area contributed by atoms with Gasteiger partial charge >= 0.3 is 0 Å². The van der Waals surface area contributed by atoms with Gasteiger partial charge in [0, 0.05) is 12.6 Å². The SMILES string of the molecule is CCCCCCCCCCCCCCOc1ccc(CNC(=O)c2ccc[n+](C)c2)cc1OC. The highest BCUT2D eigenvalue weighted by atomic mass is 16.5. The normalized spacial score (nSPS) is 10.8. The topological polar surface area (TPSA) is 51.4 Å². The summed E-state index contributed by atoms with van der Waals surface area (Å²) in [6.45, 7) is 3.41. The van der Waals surface area contributed by atoms with E-state index in [4.69, 9.17) is 9.47 Å². The van der Waals surface area contributed by atoms with Gasteiger partial charge in [-0.15, -0.1) is 0 Å². The second-order valence-electron chi connectivity index (χ2n) is 9.16. The van der Waals surface area contributed by atoms with Crippen LogP contribution in [0, 0.1) is 0 Å². The van der Waals surface area contributed by atoms with Crippen LogP contribution >= 0.6 is 0 Å². The van der Waals surface area contributed by atoms with Crippen molar-refractivity contribution in [2.75, 3.05) is 13.7 Å². The maximum absolute atomic E-state index is 12.4. The number of methoxy groups -OCH3 is 1. The Morgan fingerprint density at radius 2 is 1.53 bits per heavy atom. The van der Waals surface area contributed by atoms with Crippen molar-refractivity contribution in [1.82, 2.24) is 5.32 Å². The molecule has 0 aliphatic carbocycles. The number of pyridine rings is 1. The minimum atomic E-state index is -0.0949. The Bertz CT molecular complexity index is 838. The van der Waals surface area contributed by atoms with Gasteiger partial charge in [0.2, 0.25) is 0 Å². The molecule has 1 aromatic heterocycles. The van der Waals surface area contributed by atoms with Crippen molar-refractivity contribution in [3.63, 3.8) is 0 Å². The van der Waals surface area contributed by atoms with Gasteiger partial charge in [-0.2, -0.15) is 0 Å².